The lowest BCUT2D eigenvalue weighted by molar-refractivity contribution is 0.101. The van der Waals surface area contributed by atoms with Crippen molar-refractivity contribution < 1.29 is 4.79 Å². The Morgan fingerprint density at radius 1 is 1.04 bits per heavy atom. The van der Waals surface area contributed by atoms with Crippen LogP contribution in [0.5, 0.6) is 0 Å². The number of nitrogens with zero attached hydrogens (tertiary/aromatic N) is 5. The summed E-state index contributed by atoms with van der Waals surface area (Å²) in [6, 6.07) is 7.23. The first-order valence-electron chi connectivity index (χ1n) is 7.24. The number of fused-ring (bicyclic) bond motifs is 1. The quantitative estimate of drug-likeness (QED) is 0.765. The topological polar surface area (TPSA) is 97.1 Å². The number of rotatable bonds is 4. The van der Waals surface area contributed by atoms with E-state index in [2.05, 4.69) is 30.7 Å². The van der Waals surface area contributed by atoms with E-state index in [0.717, 1.165) is 16.9 Å². The fourth-order valence-electron chi connectivity index (χ4n) is 2.42. The zero-order valence-corrected chi connectivity index (χ0v) is 12.8. The Balaban J connectivity index is 1.54. The minimum Gasteiger partial charge on any atom is -0.340 e. The third kappa shape index (κ3) is 2.72. The summed E-state index contributed by atoms with van der Waals surface area (Å²) in [5, 5.41) is 10.5. The number of anilines is 4. The molecule has 0 spiro atoms. The Morgan fingerprint density at radius 2 is 1.83 bits per heavy atom. The lowest BCUT2D eigenvalue weighted by Gasteiger charge is -2.08. The monoisotopic (exact) mass is 319 g/mol. The molecule has 0 saturated carbocycles. The number of aryl methyl sites for hydroxylation is 1. The number of hydrogen-bond acceptors (Lipinski definition) is 6. The second-order valence-corrected chi connectivity index (χ2v) is 5.31. The van der Waals surface area contributed by atoms with Gasteiger partial charge in [-0.2, -0.15) is 5.10 Å². The molecule has 1 amide bonds. The standard InChI is InChI=1S/C16H13N7O/c1-23-8-12(7-20-23)22-15-5-14(18-9-19-15)21-11-2-3-13-10(4-11)6-17-16(13)24/h2-9H,1H3,(H2,18,19,21,22). The van der Waals surface area contributed by atoms with Crippen LogP contribution in [0.4, 0.5) is 23.0 Å². The van der Waals surface area contributed by atoms with Crippen molar-refractivity contribution in [3.63, 3.8) is 0 Å². The summed E-state index contributed by atoms with van der Waals surface area (Å²) in [4.78, 5) is 23.7. The van der Waals surface area contributed by atoms with Crippen LogP contribution >= 0.6 is 0 Å². The van der Waals surface area contributed by atoms with E-state index in [1.54, 1.807) is 29.2 Å². The minimum absolute atomic E-state index is 0.207. The molecule has 118 valence electrons. The summed E-state index contributed by atoms with van der Waals surface area (Å²) in [6.45, 7) is 0. The van der Waals surface area contributed by atoms with Gasteiger partial charge in [-0.15, -0.1) is 0 Å². The van der Waals surface area contributed by atoms with E-state index in [1.165, 1.54) is 6.33 Å². The van der Waals surface area contributed by atoms with Gasteiger partial charge in [-0.3, -0.25) is 9.48 Å². The first-order chi connectivity index (χ1) is 11.7. The zero-order valence-electron chi connectivity index (χ0n) is 12.8. The van der Waals surface area contributed by atoms with E-state index >= 15 is 0 Å². The summed E-state index contributed by atoms with van der Waals surface area (Å²) < 4.78 is 1.70. The average molecular weight is 319 g/mol. The highest BCUT2D eigenvalue weighted by atomic mass is 16.1. The molecule has 0 unspecified atom stereocenters. The van der Waals surface area contributed by atoms with Crippen molar-refractivity contribution in [3.05, 3.63) is 54.1 Å². The van der Waals surface area contributed by atoms with Gasteiger partial charge >= 0.3 is 0 Å². The Kier molecular flexibility index (Phi) is 3.27. The molecule has 1 aromatic carbocycles. The molecule has 0 fully saturated rings. The molecule has 8 nitrogen and oxygen atoms in total. The third-order valence-electron chi connectivity index (χ3n) is 3.52. The summed E-state index contributed by atoms with van der Waals surface area (Å²) >= 11 is 0. The average Bonchev–Trinajstić information content (AvgIpc) is 3.14. The number of carbonyl (C=O) groups is 1. The summed E-state index contributed by atoms with van der Waals surface area (Å²) in [7, 11) is 1.85. The van der Waals surface area contributed by atoms with Crippen molar-refractivity contribution in [1.82, 2.24) is 19.7 Å². The van der Waals surface area contributed by atoms with E-state index in [1.807, 2.05) is 25.4 Å². The zero-order chi connectivity index (χ0) is 16.5. The predicted molar refractivity (Wildman–Crippen MR) is 90.2 cm³/mol. The van der Waals surface area contributed by atoms with Gasteiger partial charge in [0, 0.05) is 36.8 Å². The molecule has 4 rings (SSSR count). The van der Waals surface area contributed by atoms with Crippen LogP contribution in [0.3, 0.4) is 0 Å². The molecule has 24 heavy (non-hydrogen) atoms. The Bertz CT molecular complexity index is 961. The van der Waals surface area contributed by atoms with Crippen molar-refractivity contribution in [2.24, 2.45) is 12.0 Å². The smallest absolute Gasteiger partial charge is 0.277 e. The summed E-state index contributed by atoms with van der Waals surface area (Å²) in [6.07, 6.45) is 6.61. The number of carbonyl (C=O) groups excluding carboxylic acids is 1. The van der Waals surface area contributed by atoms with Crippen LogP contribution in [-0.4, -0.2) is 31.9 Å². The molecular weight excluding hydrogens is 306 g/mol. The predicted octanol–water partition coefficient (Wildman–Crippen LogP) is 2.27. The third-order valence-corrected chi connectivity index (χ3v) is 3.52. The largest absolute Gasteiger partial charge is 0.340 e. The van der Waals surface area contributed by atoms with Crippen molar-refractivity contribution in [1.29, 1.82) is 0 Å². The van der Waals surface area contributed by atoms with Gasteiger partial charge in [0.2, 0.25) is 0 Å². The maximum Gasteiger partial charge on any atom is 0.277 e. The second kappa shape index (κ2) is 5.58. The lowest BCUT2D eigenvalue weighted by atomic mass is 10.1. The van der Waals surface area contributed by atoms with E-state index in [0.29, 0.717) is 17.2 Å². The van der Waals surface area contributed by atoms with E-state index < -0.39 is 0 Å². The highest BCUT2D eigenvalue weighted by molar-refractivity contribution is 6.13. The van der Waals surface area contributed by atoms with Crippen molar-refractivity contribution >= 4 is 35.1 Å². The fourth-order valence-corrected chi connectivity index (χ4v) is 2.42. The summed E-state index contributed by atoms with van der Waals surface area (Å²) in [5.74, 6) is 1.08. The molecule has 0 radical (unpaired) electrons. The first kappa shape index (κ1) is 14.1. The van der Waals surface area contributed by atoms with Gasteiger partial charge in [0.25, 0.3) is 5.91 Å². The van der Waals surface area contributed by atoms with Gasteiger partial charge in [-0.05, 0) is 18.2 Å². The maximum atomic E-state index is 11.5. The van der Waals surface area contributed by atoms with Gasteiger partial charge in [0.05, 0.1) is 17.4 Å². The number of benzene rings is 1. The van der Waals surface area contributed by atoms with Gasteiger partial charge in [-0.1, -0.05) is 0 Å². The molecule has 0 aliphatic carbocycles. The van der Waals surface area contributed by atoms with Crippen LogP contribution in [0.25, 0.3) is 0 Å². The molecular formula is C16H13N7O. The molecule has 2 aromatic heterocycles. The second-order valence-electron chi connectivity index (χ2n) is 5.31. The van der Waals surface area contributed by atoms with Gasteiger partial charge in [0.15, 0.2) is 0 Å². The van der Waals surface area contributed by atoms with Gasteiger partial charge < -0.3 is 10.6 Å². The molecule has 0 saturated heterocycles. The fraction of sp³-hybridized carbons (Fsp3) is 0.0625. The van der Waals surface area contributed by atoms with Crippen molar-refractivity contribution in [3.8, 4) is 0 Å². The molecule has 2 N–H and O–H groups in total. The normalized spacial score (nSPS) is 12.3. The van der Waals surface area contributed by atoms with Crippen LogP contribution in [0, 0.1) is 0 Å². The Morgan fingerprint density at radius 3 is 2.58 bits per heavy atom. The molecule has 1 aliphatic heterocycles. The number of aliphatic imine (C=N–C) groups is 1. The van der Waals surface area contributed by atoms with Crippen LogP contribution in [-0.2, 0) is 7.05 Å². The van der Waals surface area contributed by atoms with Crippen molar-refractivity contribution in [2.45, 2.75) is 0 Å². The number of aromatic nitrogens is 4. The number of hydrogen-bond donors (Lipinski definition) is 2. The van der Waals surface area contributed by atoms with Crippen molar-refractivity contribution in [2.75, 3.05) is 10.6 Å². The van der Waals surface area contributed by atoms with Crippen LogP contribution in [0.15, 0.2) is 48.0 Å². The van der Waals surface area contributed by atoms with Gasteiger partial charge in [-0.25, -0.2) is 15.0 Å². The molecule has 0 bridgehead atoms. The van der Waals surface area contributed by atoms with Crippen LogP contribution in [0.2, 0.25) is 0 Å². The number of nitrogens with one attached hydrogen (secondary N) is 2. The minimum atomic E-state index is -0.207. The van der Waals surface area contributed by atoms with E-state index in [9.17, 15) is 4.79 Å². The molecule has 8 heteroatoms. The molecule has 0 atom stereocenters. The molecule has 1 aliphatic rings. The Hall–Kier alpha value is -3.55. The first-order valence-corrected chi connectivity index (χ1v) is 7.24. The summed E-state index contributed by atoms with van der Waals surface area (Å²) in [5.41, 5.74) is 3.07. The highest BCUT2D eigenvalue weighted by Gasteiger charge is 2.15. The molecule has 3 aromatic rings. The molecule has 3 heterocycles. The number of amides is 1. The van der Waals surface area contributed by atoms with E-state index in [4.69, 9.17) is 0 Å². The lowest BCUT2D eigenvalue weighted by Crippen LogP contribution is -1.99. The highest BCUT2D eigenvalue weighted by Crippen LogP contribution is 2.23. The van der Waals surface area contributed by atoms with Crippen LogP contribution in [0.1, 0.15) is 15.9 Å². The van der Waals surface area contributed by atoms with Gasteiger partial charge in [0.1, 0.15) is 18.0 Å². The maximum absolute atomic E-state index is 11.5. The van der Waals surface area contributed by atoms with E-state index in [-0.39, 0.29) is 5.91 Å². The SMILES string of the molecule is Cn1cc(Nc2cc(Nc3ccc4c(c3)C=NC4=O)ncn2)cn1. The Labute approximate surface area is 137 Å². The van der Waals surface area contributed by atoms with Crippen LogP contribution < -0.4 is 10.6 Å².